The molecule has 1 aromatic carbocycles. The predicted molar refractivity (Wildman–Crippen MR) is 121 cm³/mol. The van der Waals surface area contributed by atoms with Crippen LogP contribution in [0, 0.1) is 5.92 Å². The molecule has 170 valence electrons. The Bertz CT molecular complexity index is 754. The summed E-state index contributed by atoms with van der Waals surface area (Å²) in [7, 11) is 0. The molecule has 0 atom stereocenters. The number of amides is 2. The third-order valence-electron chi connectivity index (χ3n) is 6.38. The van der Waals surface area contributed by atoms with Crippen molar-refractivity contribution in [3.8, 4) is 0 Å². The molecule has 1 saturated carbocycles. The zero-order valence-corrected chi connectivity index (χ0v) is 18.2. The van der Waals surface area contributed by atoms with Crippen LogP contribution in [-0.4, -0.2) is 71.0 Å². The minimum Gasteiger partial charge on any atom is -0.378 e. The number of nitrogens with one attached hydrogen (secondary N) is 2. The monoisotopic (exact) mass is 430 g/mol. The molecular formula is C23H34N4O4. The molecule has 0 spiro atoms. The van der Waals surface area contributed by atoms with E-state index in [4.69, 9.17) is 9.47 Å². The first-order valence-corrected chi connectivity index (χ1v) is 11.6. The molecule has 3 fully saturated rings. The van der Waals surface area contributed by atoms with Gasteiger partial charge in [-0.1, -0.05) is 19.3 Å². The molecule has 0 radical (unpaired) electrons. The number of rotatable bonds is 6. The molecular weight excluding hydrogens is 396 g/mol. The molecule has 8 heteroatoms. The third-order valence-corrected chi connectivity index (χ3v) is 6.38. The highest BCUT2D eigenvalue weighted by atomic mass is 16.5. The van der Waals surface area contributed by atoms with Crippen LogP contribution in [0.5, 0.6) is 0 Å². The summed E-state index contributed by atoms with van der Waals surface area (Å²) in [6.45, 7) is 6.10. The lowest BCUT2D eigenvalue weighted by Crippen LogP contribution is -2.39. The van der Waals surface area contributed by atoms with Crippen molar-refractivity contribution in [1.82, 2.24) is 5.32 Å². The molecule has 2 saturated heterocycles. The van der Waals surface area contributed by atoms with Gasteiger partial charge in [-0.3, -0.25) is 9.59 Å². The summed E-state index contributed by atoms with van der Waals surface area (Å²) in [6.07, 6.45) is 5.26. The smallest absolute Gasteiger partial charge is 0.243 e. The van der Waals surface area contributed by atoms with Gasteiger partial charge in [-0.25, -0.2) is 0 Å². The summed E-state index contributed by atoms with van der Waals surface area (Å²) in [6, 6.07) is 6.16. The topological polar surface area (TPSA) is 83.1 Å². The number of nitrogens with zero attached hydrogens (tertiary/aromatic N) is 2. The van der Waals surface area contributed by atoms with Crippen molar-refractivity contribution in [3.63, 3.8) is 0 Å². The second-order valence-corrected chi connectivity index (χ2v) is 8.50. The molecule has 0 aromatic heterocycles. The van der Waals surface area contributed by atoms with Gasteiger partial charge in [0, 0.05) is 37.8 Å². The summed E-state index contributed by atoms with van der Waals surface area (Å²) in [5.41, 5.74) is 2.91. The van der Waals surface area contributed by atoms with Gasteiger partial charge in [-0.05, 0) is 31.0 Å². The molecule has 3 aliphatic rings. The van der Waals surface area contributed by atoms with Gasteiger partial charge in [0.2, 0.25) is 11.8 Å². The second kappa shape index (κ2) is 10.8. The fourth-order valence-corrected chi connectivity index (χ4v) is 4.58. The van der Waals surface area contributed by atoms with Gasteiger partial charge in [0.05, 0.1) is 44.3 Å². The standard InChI is InChI=1S/C23H34N4O4/c28-22(17-24-23(29)18-4-2-1-3-5-18)25-20-7-6-19(26-8-12-30-13-9-26)16-21(20)27-10-14-31-15-11-27/h6-7,16,18H,1-5,8-15,17H2,(H,24,29)(H,25,28). The fraction of sp³-hybridized carbons (Fsp3) is 0.652. The Morgan fingerprint density at radius 3 is 2.23 bits per heavy atom. The average Bonchev–Trinajstić information content (AvgIpc) is 2.84. The average molecular weight is 431 g/mol. The van der Waals surface area contributed by atoms with Crippen molar-refractivity contribution >= 4 is 28.9 Å². The van der Waals surface area contributed by atoms with Crippen molar-refractivity contribution in [2.75, 3.05) is 74.3 Å². The van der Waals surface area contributed by atoms with E-state index in [1.165, 1.54) is 6.42 Å². The van der Waals surface area contributed by atoms with Crippen molar-refractivity contribution in [2.45, 2.75) is 32.1 Å². The normalized spacial score (nSPS) is 20.4. The molecule has 1 aromatic rings. The predicted octanol–water partition coefficient (Wildman–Crippen LogP) is 1.99. The van der Waals surface area contributed by atoms with E-state index in [1.807, 2.05) is 12.1 Å². The highest BCUT2D eigenvalue weighted by Gasteiger charge is 2.22. The summed E-state index contributed by atoms with van der Waals surface area (Å²) in [5, 5.41) is 5.84. The lowest BCUT2D eigenvalue weighted by atomic mass is 9.89. The van der Waals surface area contributed by atoms with Crippen molar-refractivity contribution in [1.29, 1.82) is 0 Å². The number of anilines is 3. The van der Waals surface area contributed by atoms with Crippen LogP contribution in [-0.2, 0) is 19.1 Å². The summed E-state index contributed by atoms with van der Waals surface area (Å²) < 4.78 is 11.0. The summed E-state index contributed by atoms with van der Waals surface area (Å²) in [4.78, 5) is 29.5. The Hall–Kier alpha value is -2.32. The first-order valence-electron chi connectivity index (χ1n) is 11.6. The minimum atomic E-state index is -0.196. The summed E-state index contributed by atoms with van der Waals surface area (Å²) in [5.74, 6) is -0.137. The fourth-order valence-electron chi connectivity index (χ4n) is 4.58. The Morgan fingerprint density at radius 1 is 0.903 bits per heavy atom. The van der Waals surface area contributed by atoms with Crippen molar-refractivity contribution < 1.29 is 19.1 Å². The van der Waals surface area contributed by atoms with E-state index in [1.54, 1.807) is 0 Å². The number of hydrogen-bond donors (Lipinski definition) is 2. The zero-order valence-electron chi connectivity index (χ0n) is 18.2. The highest BCUT2D eigenvalue weighted by Crippen LogP contribution is 2.32. The van der Waals surface area contributed by atoms with Crippen LogP contribution in [0.25, 0.3) is 0 Å². The van der Waals surface area contributed by atoms with E-state index in [9.17, 15) is 9.59 Å². The Morgan fingerprint density at radius 2 is 1.55 bits per heavy atom. The maximum atomic E-state index is 12.6. The Balaban J connectivity index is 1.41. The van der Waals surface area contributed by atoms with Gasteiger partial charge >= 0.3 is 0 Å². The first-order chi connectivity index (χ1) is 15.2. The lowest BCUT2D eigenvalue weighted by molar-refractivity contribution is -0.128. The highest BCUT2D eigenvalue weighted by molar-refractivity contribution is 5.98. The number of benzene rings is 1. The molecule has 2 aliphatic heterocycles. The first kappa shape index (κ1) is 21.9. The second-order valence-electron chi connectivity index (χ2n) is 8.50. The Kier molecular flexibility index (Phi) is 7.64. The molecule has 2 heterocycles. The van der Waals surface area contributed by atoms with Gasteiger partial charge in [-0.2, -0.15) is 0 Å². The zero-order chi connectivity index (χ0) is 21.5. The molecule has 8 nitrogen and oxygen atoms in total. The van der Waals surface area contributed by atoms with Gasteiger partial charge < -0.3 is 29.9 Å². The van der Waals surface area contributed by atoms with Crippen LogP contribution in [0.4, 0.5) is 17.1 Å². The number of ether oxygens (including phenoxy) is 2. The van der Waals surface area contributed by atoms with E-state index in [0.717, 1.165) is 82.1 Å². The van der Waals surface area contributed by atoms with Gasteiger partial charge in [0.25, 0.3) is 0 Å². The van der Waals surface area contributed by atoms with Gasteiger partial charge in [-0.15, -0.1) is 0 Å². The third kappa shape index (κ3) is 5.89. The molecule has 4 rings (SSSR count). The number of hydrogen-bond acceptors (Lipinski definition) is 6. The number of morpholine rings is 2. The van der Waals surface area contributed by atoms with Crippen LogP contribution in [0.1, 0.15) is 32.1 Å². The van der Waals surface area contributed by atoms with E-state index >= 15 is 0 Å². The number of carbonyl (C=O) groups is 2. The lowest BCUT2D eigenvalue weighted by Gasteiger charge is -2.33. The largest absolute Gasteiger partial charge is 0.378 e. The van der Waals surface area contributed by atoms with E-state index in [0.29, 0.717) is 13.2 Å². The molecule has 2 amide bonds. The molecule has 31 heavy (non-hydrogen) atoms. The van der Waals surface area contributed by atoms with Gasteiger partial charge in [0.15, 0.2) is 0 Å². The minimum absolute atomic E-state index is 0.00308. The van der Waals surface area contributed by atoms with E-state index < -0.39 is 0 Å². The van der Waals surface area contributed by atoms with Crippen LogP contribution in [0.3, 0.4) is 0 Å². The maximum Gasteiger partial charge on any atom is 0.243 e. The Labute approximate surface area is 184 Å². The SMILES string of the molecule is O=C(CNC(=O)C1CCCCC1)Nc1ccc(N2CCOCC2)cc1N1CCOCC1. The van der Waals surface area contributed by atoms with Crippen LogP contribution < -0.4 is 20.4 Å². The van der Waals surface area contributed by atoms with Crippen molar-refractivity contribution in [2.24, 2.45) is 5.92 Å². The van der Waals surface area contributed by atoms with Crippen LogP contribution in [0.15, 0.2) is 18.2 Å². The quantitative estimate of drug-likeness (QED) is 0.718. The summed E-state index contributed by atoms with van der Waals surface area (Å²) >= 11 is 0. The maximum absolute atomic E-state index is 12.6. The molecule has 0 bridgehead atoms. The van der Waals surface area contributed by atoms with Gasteiger partial charge in [0.1, 0.15) is 0 Å². The van der Waals surface area contributed by atoms with E-state index in [2.05, 4.69) is 26.5 Å². The van der Waals surface area contributed by atoms with Crippen molar-refractivity contribution in [3.05, 3.63) is 18.2 Å². The van der Waals surface area contributed by atoms with E-state index in [-0.39, 0.29) is 24.3 Å². The molecule has 2 N–H and O–H groups in total. The number of carbonyl (C=O) groups excluding carboxylic acids is 2. The molecule has 0 unspecified atom stereocenters. The molecule has 1 aliphatic carbocycles. The van der Waals surface area contributed by atoms with Crippen LogP contribution in [0.2, 0.25) is 0 Å². The van der Waals surface area contributed by atoms with Crippen LogP contribution >= 0.6 is 0 Å².